The molecule has 0 unspecified atom stereocenters. The van der Waals surface area contributed by atoms with Gasteiger partial charge in [-0.1, -0.05) is 27.4 Å². The van der Waals surface area contributed by atoms with Gasteiger partial charge in [-0.25, -0.2) is 4.98 Å². The van der Waals surface area contributed by atoms with Crippen LogP contribution in [-0.2, 0) is 16.8 Å². The molecule has 1 aromatic heterocycles. The number of hydrogen-bond donors (Lipinski definition) is 2. The number of aromatic amines is 1. The van der Waals surface area contributed by atoms with Gasteiger partial charge in [0.05, 0.1) is 18.4 Å². The Bertz CT molecular complexity index is 769. The summed E-state index contributed by atoms with van der Waals surface area (Å²) in [5.74, 6) is 0.498. The molecule has 0 aliphatic rings. The average Bonchev–Trinajstić information content (AvgIpc) is 3.08. The molecule has 0 fully saturated rings. The van der Waals surface area contributed by atoms with Gasteiger partial charge in [0, 0.05) is 23.7 Å². The van der Waals surface area contributed by atoms with Gasteiger partial charge in [-0.2, -0.15) is 0 Å². The van der Waals surface area contributed by atoms with Crippen LogP contribution in [0, 0.1) is 0 Å². The van der Waals surface area contributed by atoms with E-state index >= 15 is 0 Å². The SMILES string of the molecule is C=CC(=O)N(C)c1ccc(C(=O)NCc2cnc(C(C)(C)C)[nH]2)cc1. The van der Waals surface area contributed by atoms with E-state index in [-0.39, 0.29) is 17.2 Å². The molecule has 0 aliphatic heterocycles. The lowest BCUT2D eigenvalue weighted by Gasteiger charge is -2.15. The summed E-state index contributed by atoms with van der Waals surface area (Å²) in [6.07, 6.45) is 2.98. The van der Waals surface area contributed by atoms with Gasteiger partial charge in [-0.3, -0.25) is 9.59 Å². The third-order valence-electron chi connectivity index (χ3n) is 3.80. The van der Waals surface area contributed by atoms with Gasteiger partial charge in [-0.15, -0.1) is 0 Å². The maximum atomic E-state index is 12.3. The van der Waals surface area contributed by atoms with Gasteiger partial charge < -0.3 is 15.2 Å². The van der Waals surface area contributed by atoms with Gasteiger partial charge in [-0.05, 0) is 30.3 Å². The number of H-pyrrole nitrogens is 1. The van der Waals surface area contributed by atoms with Crippen LogP contribution in [-0.4, -0.2) is 28.8 Å². The number of nitrogens with zero attached hydrogens (tertiary/aromatic N) is 2. The van der Waals surface area contributed by atoms with Crippen molar-refractivity contribution < 1.29 is 9.59 Å². The van der Waals surface area contributed by atoms with Crippen LogP contribution in [0.15, 0.2) is 43.1 Å². The number of hydrogen-bond acceptors (Lipinski definition) is 3. The van der Waals surface area contributed by atoms with Crippen LogP contribution in [0.4, 0.5) is 5.69 Å². The zero-order chi connectivity index (χ0) is 18.6. The van der Waals surface area contributed by atoms with E-state index in [9.17, 15) is 9.59 Å². The second kappa shape index (κ2) is 7.34. The third kappa shape index (κ3) is 4.56. The molecule has 1 aromatic carbocycles. The minimum atomic E-state index is -0.203. The zero-order valence-electron chi connectivity index (χ0n) is 15.1. The summed E-state index contributed by atoms with van der Waals surface area (Å²) in [5, 5.41) is 2.86. The molecule has 0 aliphatic carbocycles. The first-order valence-corrected chi connectivity index (χ1v) is 8.05. The van der Waals surface area contributed by atoms with Crippen LogP contribution < -0.4 is 10.2 Å². The molecule has 2 amide bonds. The predicted octanol–water partition coefficient (Wildman–Crippen LogP) is 2.79. The molecule has 0 saturated heterocycles. The zero-order valence-corrected chi connectivity index (χ0v) is 15.1. The fourth-order valence-electron chi connectivity index (χ4n) is 2.21. The first-order valence-electron chi connectivity index (χ1n) is 8.05. The van der Waals surface area contributed by atoms with E-state index in [1.807, 2.05) is 0 Å². The van der Waals surface area contributed by atoms with Crippen LogP contribution in [0.1, 0.15) is 42.6 Å². The van der Waals surface area contributed by atoms with Crippen LogP contribution in [0.5, 0.6) is 0 Å². The second-order valence-corrected chi connectivity index (χ2v) is 6.84. The summed E-state index contributed by atoms with van der Waals surface area (Å²) in [5.41, 5.74) is 2.02. The second-order valence-electron chi connectivity index (χ2n) is 6.84. The van der Waals surface area contributed by atoms with E-state index in [1.165, 1.54) is 11.0 Å². The largest absolute Gasteiger partial charge is 0.346 e. The summed E-state index contributed by atoms with van der Waals surface area (Å²) in [6.45, 7) is 10.1. The number of benzene rings is 1. The van der Waals surface area contributed by atoms with Crippen molar-refractivity contribution in [2.24, 2.45) is 0 Å². The summed E-state index contributed by atoms with van der Waals surface area (Å²) >= 11 is 0. The fraction of sp³-hybridized carbons (Fsp3) is 0.316. The predicted molar refractivity (Wildman–Crippen MR) is 98.5 cm³/mol. The summed E-state index contributed by atoms with van der Waals surface area (Å²) in [4.78, 5) is 32.9. The minimum Gasteiger partial charge on any atom is -0.346 e. The molecule has 0 saturated carbocycles. The molecule has 132 valence electrons. The van der Waals surface area contributed by atoms with E-state index in [1.54, 1.807) is 37.5 Å². The number of imidazole rings is 1. The Hall–Kier alpha value is -2.89. The summed E-state index contributed by atoms with van der Waals surface area (Å²) in [6, 6.07) is 6.82. The molecular formula is C19H24N4O2. The average molecular weight is 340 g/mol. The van der Waals surface area contributed by atoms with Crippen molar-refractivity contribution >= 4 is 17.5 Å². The number of likely N-dealkylation sites (N-methyl/N-ethyl adjacent to an activating group) is 1. The molecule has 2 N–H and O–H groups in total. The lowest BCUT2D eigenvalue weighted by molar-refractivity contribution is -0.113. The molecule has 0 radical (unpaired) electrons. The third-order valence-corrected chi connectivity index (χ3v) is 3.80. The van der Waals surface area contributed by atoms with Crippen molar-refractivity contribution in [3.63, 3.8) is 0 Å². The molecule has 0 bridgehead atoms. The first kappa shape index (κ1) is 18.4. The van der Waals surface area contributed by atoms with Gasteiger partial charge in [0.2, 0.25) is 5.91 Å². The van der Waals surface area contributed by atoms with Crippen LogP contribution >= 0.6 is 0 Å². The van der Waals surface area contributed by atoms with E-state index < -0.39 is 0 Å². The van der Waals surface area contributed by atoms with E-state index in [2.05, 4.69) is 42.6 Å². The molecule has 6 heteroatoms. The number of anilines is 1. The topological polar surface area (TPSA) is 78.1 Å². The number of carbonyl (C=O) groups excluding carboxylic acids is 2. The monoisotopic (exact) mass is 340 g/mol. The van der Waals surface area contributed by atoms with Gasteiger partial charge in [0.15, 0.2) is 0 Å². The number of aromatic nitrogens is 2. The summed E-state index contributed by atoms with van der Waals surface area (Å²) < 4.78 is 0. The van der Waals surface area contributed by atoms with E-state index in [0.29, 0.717) is 17.8 Å². The van der Waals surface area contributed by atoms with E-state index in [4.69, 9.17) is 0 Å². The Kier molecular flexibility index (Phi) is 5.41. The van der Waals surface area contributed by atoms with Crippen LogP contribution in [0.2, 0.25) is 0 Å². The lowest BCUT2D eigenvalue weighted by atomic mass is 9.96. The Morgan fingerprint density at radius 3 is 2.44 bits per heavy atom. The molecule has 2 aromatic rings. The van der Waals surface area contributed by atoms with Crippen molar-refractivity contribution in [3.05, 3.63) is 60.2 Å². The van der Waals surface area contributed by atoms with Crippen molar-refractivity contribution in [2.75, 3.05) is 11.9 Å². The maximum absolute atomic E-state index is 12.3. The quantitative estimate of drug-likeness (QED) is 0.822. The maximum Gasteiger partial charge on any atom is 0.251 e. The Morgan fingerprint density at radius 1 is 1.28 bits per heavy atom. The molecule has 6 nitrogen and oxygen atoms in total. The number of nitrogens with one attached hydrogen (secondary N) is 2. The van der Waals surface area contributed by atoms with Crippen molar-refractivity contribution in [2.45, 2.75) is 32.7 Å². The Morgan fingerprint density at radius 2 is 1.92 bits per heavy atom. The Balaban J connectivity index is 1.98. The summed E-state index contributed by atoms with van der Waals surface area (Å²) in [7, 11) is 1.66. The minimum absolute atomic E-state index is 0.0625. The van der Waals surface area contributed by atoms with Gasteiger partial charge in [0.25, 0.3) is 5.91 Å². The Labute approximate surface area is 148 Å². The highest BCUT2D eigenvalue weighted by molar-refractivity contribution is 6.01. The highest BCUT2D eigenvalue weighted by Crippen LogP contribution is 2.18. The molecular weight excluding hydrogens is 316 g/mol. The molecule has 0 spiro atoms. The van der Waals surface area contributed by atoms with E-state index in [0.717, 1.165) is 11.5 Å². The fourth-order valence-corrected chi connectivity index (χ4v) is 2.21. The smallest absolute Gasteiger partial charge is 0.251 e. The normalized spacial score (nSPS) is 11.0. The lowest BCUT2D eigenvalue weighted by Crippen LogP contribution is -2.25. The first-order chi connectivity index (χ1) is 11.7. The van der Waals surface area contributed by atoms with Gasteiger partial charge >= 0.3 is 0 Å². The molecule has 25 heavy (non-hydrogen) atoms. The van der Waals surface area contributed by atoms with Gasteiger partial charge in [0.1, 0.15) is 5.82 Å². The number of carbonyl (C=O) groups is 2. The van der Waals surface area contributed by atoms with Crippen molar-refractivity contribution in [1.82, 2.24) is 15.3 Å². The van der Waals surface area contributed by atoms with Crippen molar-refractivity contribution in [1.29, 1.82) is 0 Å². The van der Waals surface area contributed by atoms with Crippen LogP contribution in [0.25, 0.3) is 0 Å². The molecule has 1 heterocycles. The van der Waals surface area contributed by atoms with Crippen LogP contribution in [0.3, 0.4) is 0 Å². The number of rotatable bonds is 5. The highest BCUT2D eigenvalue weighted by Gasteiger charge is 2.17. The standard InChI is InChI=1S/C19H24N4O2/c1-6-16(24)23(5)15-9-7-13(8-10-15)17(25)20-11-14-12-21-18(22-14)19(2,3)4/h6-10,12H,1,11H2,2-5H3,(H,20,25)(H,21,22). The number of amides is 2. The molecule has 2 rings (SSSR count). The molecule has 0 atom stereocenters. The highest BCUT2D eigenvalue weighted by atomic mass is 16.2. The van der Waals surface area contributed by atoms with Crippen molar-refractivity contribution in [3.8, 4) is 0 Å².